The lowest BCUT2D eigenvalue weighted by atomic mass is 9.91. The van der Waals surface area contributed by atoms with Crippen molar-refractivity contribution in [1.82, 2.24) is 0 Å². The Morgan fingerprint density at radius 2 is 1.24 bits per heavy atom. The van der Waals surface area contributed by atoms with Gasteiger partial charge in [-0.3, -0.25) is 0 Å². The molecule has 0 bridgehead atoms. The predicted molar refractivity (Wildman–Crippen MR) is 116 cm³/mol. The quantitative estimate of drug-likeness (QED) is 0.413. The van der Waals surface area contributed by atoms with Gasteiger partial charge < -0.3 is 0 Å². The number of hydrogen-bond donors (Lipinski definition) is 0. The minimum Gasteiger partial charge on any atom is -0.0654 e. The van der Waals surface area contributed by atoms with E-state index in [-0.39, 0.29) is 0 Å². The molecule has 0 nitrogen and oxygen atoms in total. The summed E-state index contributed by atoms with van der Waals surface area (Å²) in [6, 6.07) is 15.9. The van der Waals surface area contributed by atoms with E-state index in [0.717, 1.165) is 8.58 Å². The summed E-state index contributed by atoms with van der Waals surface area (Å²) in [7, 11) is 0.787. The van der Waals surface area contributed by atoms with E-state index in [2.05, 4.69) is 63.2 Å². The molecule has 2 aromatic carbocycles. The van der Waals surface area contributed by atoms with Crippen molar-refractivity contribution in [3.63, 3.8) is 0 Å². The lowest BCUT2D eigenvalue weighted by molar-refractivity contribution is 0.737. The normalized spacial score (nSPS) is 11.5. The van der Waals surface area contributed by atoms with Crippen LogP contribution in [-0.4, -0.2) is 0 Å². The summed E-state index contributed by atoms with van der Waals surface area (Å²) in [5.41, 5.74) is 5.01. The maximum atomic E-state index is 2.45. The Morgan fingerprint density at radius 3 is 1.88 bits per heavy atom. The van der Waals surface area contributed by atoms with E-state index >= 15 is 0 Å². The summed E-state index contributed by atoms with van der Waals surface area (Å²) in [4.78, 5) is 0. The molecule has 2 rings (SSSR count). The van der Waals surface area contributed by atoms with Crippen LogP contribution in [0.25, 0.3) is 0 Å². The molecule has 0 aliphatic heterocycles. The van der Waals surface area contributed by atoms with Crippen LogP contribution in [-0.2, 0) is 19.3 Å². The molecule has 0 spiro atoms. The van der Waals surface area contributed by atoms with Gasteiger partial charge in [0.2, 0.25) is 0 Å². The lowest BCUT2D eigenvalue weighted by Gasteiger charge is -2.19. The van der Waals surface area contributed by atoms with E-state index < -0.39 is 0 Å². The van der Waals surface area contributed by atoms with E-state index in [1.54, 1.807) is 22.0 Å². The maximum Gasteiger partial charge on any atom is -0.0191 e. The molecule has 0 saturated heterocycles. The smallest absolute Gasteiger partial charge is 0.0191 e. The van der Waals surface area contributed by atoms with Gasteiger partial charge in [-0.05, 0) is 65.8 Å². The second-order valence-electron chi connectivity index (χ2n) is 7.03. The molecule has 1 heteroatoms. The van der Waals surface area contributed by atoms with Crippen molar-refractivity contribution in [3.8, 4) is 0 Å². The molecule has 136 valence electrons. The highest BCUT2D eigenvalue weighted by atomic mass is 31.1. The van der Waals surface area contributed by atoms with Crippen LogP contribution in [0.2, 0.25) is 0 Å². The maximum absolute atomic E-state index is 2.45. The van der Waals surface area contributed by atoms with E-state index in [1.165, 1.54) is 63.1 Å². The number of unbranched alkanes of at least 4 members (excludes halogenated alkanes) is 3. The third-order valence-electron chi connectivity index (χ3n) is 4.94. The first-order chi connectivity index (χ1) is 12.3. The molecular weight excluding hydrogens is 319 g/mol. The fourth-order valence-corrected chi connectivity index (χ4v) is 4.70. The second-order valence-corrected chi connectivity index (χ2v) is 8.40. The first-order valence-corrected chi connectivity index (χ1v) is 11.3. The van der Waals surface area contributed by atoms with Crippen LogP contribution in [0, 0.1) is 0 Å². The fourth-order valence-electron chi connectivity index (χ4n) is 3.44. The van der Waals surface area contributed by atoms with Crippen LogP contribution in [0.5, 0.6) is 0 Å². The zero-order chi connectivity index (χ0) is 17.9. The molecule has 0 N–H and O–H groups in total. The van der Waals surface area contributed by atoms with Gasteiger partial charge in [0, 0.05) is 0 Å². The Bertz CT molecular complexity index is 615. The van der Waals surface area contributed by atoms with Crippen LogP contribution >= 0.6 is 8.58 Å². The summed E-state index contributed by atoms with van der Waals surface area (Å²) >= 11 is 0. The van der Waals surface area contributed by atoms with Crippen molar-refractivity contribution in [2.24, 2.45) is 0 Å². The van der Waals surface area contributed by atoms with E-state index in [0.29, 0.717) is 0 Å². The summed E-state index contributed by atoms with van der Waals surface area (Å²) < 4.78 is 0. The Morgan fingerprint density at radius 1 is 0.640 bits per heavy atom. The zero-order valence-corrected chi connectivity index (χ0v) is 17.4. The predicted octanol–water partition coefficient (Wildman–Crippen LogP) is 6.34. The first-order valence-electron chi connectivity index (χ1n) is 10.3. The molecular formula is C24H35P. The van der Waals surface area contributed by atoms with Gasteiger partial charge in [-0.1, -0.05) is 91.1 Å². The molecule has 0 heterocycles. The van der Waals surface area contributed by atoms with Crippen LogP contribution in [0.4, 0.5) is 0 Å². The van der Waals surface area contributed by atoms with E-state index in [9.17, 15) is 0 Å². The van der Waals surface area contributed by atoms with Crippen molar-refractivity contribution in [2.45, 2.75) is 78.6 Å². The van der Waals surface area contributed by atoms with Crippen LogP contribution in [0.15, 0.2) is 42.5 Å². The van der Waals surface area contributed by atoms with Crippen LogP contribution in [0.3, 0.4) is 0 Å². The number of rotatable bonds is 11. The van der Waals surface area contributed by atoms with Crippen molar-refractivity contribution in [2.75, 3.05) is 0 Å². The molecule has 0 saturated carbocycles. The van der Waals surface area contributed by atoms with Gasteiger partial charge in [-0.25, -0.2) is 0 Å². The Kier molecular flexibility index (Phi) is 9.27. The largest absolute Gasteiger partial charge is 0.0654 e. The number of aryl methyl sites for hydroxylation is 1. The standard InChI is InChI=1S/C24H35P/c1-4-7-13-20-18-19-24(25-21-14-11-10-12-15-21)23(17-9-6-3)22(20)16-8-5-2/h10-12,14-15,18-19,25H,4-9,13,16-17H2,1-3H3. The van der Waals surface area contributed by atoms with Crippen molar-refractivity contribution in [3.05, 3.63) is 59.2 Å². The van der Waals surface area contributed by atoms with Gasteiger partial charge in [0.1, 0.15) is 0 Å². The minimum absolute atomic E-state index is 0.787. The lowest BCUT2D eigenvalue weighted by Crippen LogP contribution is -2.15. The highest BCUT2D eigenvalue weighted by Crippen LogP contribution is 2.25. The number of benzene rings is 2. The third kappa shape index (κ3) is 6.27. The van der Waals surface area contributed by atoms with Gasteiger partial charge >= 0.3 is 0 Å². The molecule has 0 amide bonds. The first kappa shape index (κ1) is 20.2. The third-order valence-corrected chi connectivity index (χ3v) is 6.30. The van der Waals surface area contributed by atoms with E-state index in [1.807, 2.05) is 0 Å². The summed E-state index contributed by atoms with van der Waals surface area (Å²) in [6.07, 6.45) is 11.6. The molecule has 25 heavy (non-hydrogen) atoms. The fraction of sp³-hybridized carbons (Fsp3) is 0.500. The topological polar surface area (TPSA) is 0 Å². The molecule has 0 fully saturated rings. The highest BCUT2D eigenvalue weighted by molar-refractivity contribution is 7.55. The summed E-state index contributed by atoms with van der Waals surface area (Å²) in [5, 5.41) is 3.05. The van der Waals surface area contributed by atoms with Gasteiger partial charge in [-0.2, -0.15) is 0 Å². The summed E-state index contributed by atoms with van der Waals surface area (Å²) in [6.45, 7) is 6.92. The number of hydrogen-bond acceptors (Lipinski definition) is 0. The average molecular weight is 355 g/mol. The van der Waals surface area contributed by atoms with Crippen molar-refractivity contribution in [1.29, 1.82) is 0 Å². The Labute approximate surface area is 157 Å². The SMILES string of the molecule is CCCCc1ccc(Pc2ccccc2)c(CCCC)c1CCCC. The second kappa shape index (κ2) is 11.5. The van der Waals surface area contributed by atoms with Gasteiger partial charge in [-0.15, -0.1) is 0 Å². The van der Waals surface area contributed by atoms with Gasteiger partial charge in [0.05, 0.1) is 0 Å². The molecule has 1 unspecified atom stereocenters. The van der Waals surface area contributed by atoms with Crippen molar-refractivity contribution >= 4 is 19.2 Å². The van der Waals surface area contributed by atoms with Gasteiger partial charge in [0.25, 0.3) is 0 Å². The molecule has 1 atom stereocenters. The van der Waals surface area contributed by atoms with Crippen LogP contribution < -0.4 is 10.6 Å². The Balaban J connectivity index is 2.38. The molecule has 0 radical (unpaired) electrons. The Hall–Kier alpha value is -1.13. The molecule has 2 aromatic rings. The highest BCUT2D eigenvalue weighted by Gasteiger charge is 2.13. The van der Waals surface area contributed by atoms with E-state index in [4.69, 9.17) is 0 Å². The van der Waals surface area contributed by atoms with Gasteiger partial charge in [0.15, 0.2) is 0 Å². The van der Waals surface area contributed by atoms with Crippen molar-refractivity contribution < 1.29 is 0 Å². The molecule has 0 aliphatic carbocycles. The molecule has 0 aliphatic rings. The summed E-state index contributed by atoms with van der Waals surface area (Å²) in [5.74, 6) is 0. The van der Waals surface area contributed by atoms with Crippen LogP contribution in [0.1, 0.15) is 76.0 Å². The molecule has 0 aromatic heterocycles. The zero-order valence-electron chi connectivity index (χ0n) is 16.4. The average Bonchev–Trinajstić information content (AvgIpc) is 2.65. The minimum atomic E-state index is 0.787. The monoisotopic (exact) mass is 354 g/mol.